The van der Waals surface area contributed by atoms with Crippen molar-refractivity contribution in [1.29, 1.82) is 0 Å². The monoisotopic (exact) mass is 422 g/mol. The van der Waals surface area contributed by atoms with Gasteiger partial charge in [0, 0.05) is 23.8 Å². The maximum atomic E-state index is 11.2. The number of ether oxygens (including phenoxy) is 1. The topological polar surface area (TPSA) is 72.7 Å². The summed E-state index contributed by atoms with van der Waals surface area (Å²) >= 11 is 0. The van der Waals surface area contributed by atoms with E-state index in [1.165, 1.54) is 10.9 Å². The van der Waals surface area contributed by atoms with Gasteiger partial charge in [-0.1, -0.05) is 38.1 Å². The predicted octanol–water partition coefficient (Wildman–Crippen LogP) is 5.16. The summed E-state index contributed by atoms with van der Waals surface area (Å²) in [5.41, 5.74) is 6.97. The van der Waals surface area contributed by atoms with Gasteiger partial charge in [-0.05, 0) is 61.0 Å². The van der Waals surface area contributed by atoms with Crippen LogP contribution in [0.15, 0.2) is 60.8 Å². The number of allylic oxidation sites excluding steroid dienone is 1. The van der Waals surface area contributed by atoms with Crippen molar-refractivity contribution in [1.82, 2.24) is 10.0 Å². The molecule has 0 aliphatic carbocycles. The average Bonchev–Trinajstić information content (AvgIpc) is 3.18. The zero-order chi connectivity index (χ0) is 22.2. The molecule has 0 aliphatic heterocycles. The molecule has 0 bridgehead atoms. The fourth-order valence-corrected chi connectivity index (χ4v) is 3.44. The molecule has 3 rings (SSSR count). The number of benzene rings is 2. The number of fused-ring (bicyclic) bond motifs is 1. The molecule has 1 atom stereocenters. The molecule has 1 heterocycles. The molecule has 0 saturated carbocycles. The standard InChI is InChI=1S/C25H30N2O4/c1-4-8-21(20-11-12-24(18(3)17-20)31-23(5-2)25(28)29)26-30-16-15-27-14-13-19-9-6-7-10-22(19)27/h6-14,17,23,26H,4-5,15-16H2,1-3H3,(H,28,29). The van der Waals surface area contributed by atoms with Gasteiger partial charge in [-0.3, -0.25) is 10.3 Å². The van der Waals surface area contributed by atoms with E-state index in [1.54, 1.807) is 6.92 Å². The Hall–Kier alpha value is -3.25. The van der Waals surface area contributed by atoms with Crippen LogP contribution < -0.4 is 10.2 Å². The normalized spacial score (nSPS) is 12.7. The summed E-state index contributed by atoms with van der Waals surface area (Å²) in [5, 5.41) is 10.4. The lowest BCUT2D eigenvalue weighted by Gasteiger charge is -2.17. The van der Waals surface area contributed by atoms with E-state index in [9.17, 15) is 9.90 Å². The second kappa shape index (κ2) is 10.7. The van der Waals surface area contributed by atoms with Gasteiger partial charge in [-0.25, -0.2) is 4.79 Å². The third-order valence-electron chi connectivity index (χ3n) is 5.11. The van der Waals surface area contributed by atoms with Crippen LogP contribution >= 0.6 is 0 Å². The lowest BCUT2D eigenvalue weighted by Crippen LogP contribution is -2.26. The first-order chi connectivity index (χ1) is 15.0. The zero-order valence-corrected chi connectivity index (χ0v) is 18.3. The molecule has 164 valence electrons. The minimum absolute atomic E-state index is 0.406. The number of rotatable bonds is 11. The van der Waals surface area contributed by atoms with Crippen LogP contribution in [-0.2, 0) is 16.2 Å². The highest BCUT2D eigenvalue weighted by atomic mass is 16.6. The van der Waals surface area contributed by atoms with E-state index in [2.05, 4.69) is 47.4 Å². The molecule has 0 spiro atoms. The van der Waals surface area contributed by atoms with Crippen molar-refractivity contribution >= 4 is 22.6 Å². The van der Waals surface area contributed by atoms with Crippen molar-refractivity contribution in [2.24, 2.45) is 0 Å². The first kappa shape index (κ1) is 22.4. The van der Waals surface area contributed by atoms with Gasteiger partial charge >= 0.3 is 5.97 Å². The third-order valence-corrected chi connectivity index (χ3v) is 5.11. The predicted molar refractivity (Wildman–Crippen MR) is 123 cm³/mol. The maximum Gasteiger partial charge on any atom is 0.344 e. The molecular formula is C25H30N2O4. The number of nitrogens with one attached hydrogen (secondary N) is 1. The number of aromatic nitrogens is 1. The van der Waals surface area contributed by atoms with Crippen molar-refractivity contribution in [2.45, 2.75) is 46.3 Å². The second-order valence-corrected chi connectivity index (χ2v) is 7.38. The fraction of sp³-hybridized carbons (Fsp3) is 0.320. The summed E-state index contributed by atoms with van der Waals surface area (Å²) in [7, 11) is 0. The Bertz CT molecular complexity index is 1050. The van der Waals surface area contributed by atoms with E-state index in [4.69, 9.17) is 9.57 Å². The van der Waals surface area contributed by atoms with E-state index in [0.29, 0.717) is 18.8 Å². The highest BCUT2D eigenvalue weighted by Crippen LogP contribution is 2.24. The van der Waals surface area contributed by atoms with Crippen LogP contribution in [-0.4, -0.2) is 28.4 Å². The largest absolute Gasteiger partial charge is 0.479 e. The van der Waals surface area contributed by atoms with Crippen LogP contribution in [0.3, 0.4) is 0 Å². The first-order valence-electron chi connectivity index (χ1n) is 10.7. The van der Waals surface area contributed by atoms with Crippen molar-refractivity contribution in [3.05, 3.63) is 71.9 Å². The van der Waals surface area contributed by atoms with Gasteiger partial charge in [-0.15, -0.1) is 0 Å². The number of hydrogen-bond donors (Lipinski definition) is 2. The third kappa shape index (κ3) is 5.67. The fourth-order valence-electron chi connectivity index (χ4n) is 3.44. The van der Waals surface area contributed by atoms with Crippen molar-refractivity contribution < 1.29 is 19.5 Å². The minimum atomic E-state index is -0.955. The number of aryl methyl sites for hydroxylation is 1. The number of nitrogens with zero attached hydrogens (tertiary/aromatic N) is 1. The van der Waals surface area contributed by atoms with Gasteiger partial charge in [-0.2, -0.15) is 0 Å². The smallest absolute Gasteiger partial charge is 0.344 e. The van der Waals surface area contributed by atoms with E-state index in [1.807, 2.05) is 37.3 Å². The number of carbonyl (C=O) groups is 1. The second-order valence-electron chi connectivity index (χ2n) is 7.38. The Labute approximate surface area is 183 Å². The van der Waals surface area contributed by atoms with E-state index < -0.39 is 12.1 Å². The summed E-state index contributed by atoms with van der Waals surface area (Å²) in [6, 6.07) is 16.1. The molecule has 6 nitrogen and oxygen atoms in total. The molecule has 0 saturated heterocycles. The number of aliphatic carboxylic acids is 1. The Morgan fingerprint density at radius 1 is 1.19 bits per heavy atom. The molecule has 0 aliphatic rings. The van der Waals surface area contributed by atoms with E-state index in [-0.39, 0.29) is 0 Å². The first-order valence-corrected chi connectivity index (χ1v) is 10.7. The Balaban J connectivity index is 1.62. The van der Waals surface area contributed by atoms with Crippen molar-refractivity contribution in [3.8, 4) is 5.75 Å². The quantitative estimate of drug-likeness (QED) is 0.330. The number of carboxylic acid groups (broad SMARTS) is 1. The van der Waals surface area contributed by atoms with Crippen LogP contribution in [0.1, 0.15) is 37.8 Å². The van der Waals surface area contributed by atoms with Crippen LogP contribution in [0.2, 0.25) is 0 Å². The summed E-state index contributed by atoms with van der Waals surface area (Å²) in [4.78, 5) is 17.0. The van der Waals surface area contributed by atoms with Gasteiger partial charge < -0.3 is 14.4 Å². The van der Waals surface area contributed by atoms with Gasteiger partial charge in [0.25, 0.3) is 0 Å². The number of carboxylic acids is 1. The van der Waals surface area contributed by atoms with Gasteiger partial charge in [0.2, 0.25) is 0 Å². The van der Waals surface area contributed by atoms with Crippen LogP contribution in [0, 0.1) is 6.92 Å². The maximum absolute atomic E-state index is 11.2. The SMILES string of the molecule is CCC=C(NOCCn1ccc2ccccc21)c1ccc(OC(CC)C(=O)O)c(C)c1. The molecule has 0 amide bonds. The molecule has 2 N–H and O–H groups in total. The molecule has 31 heavy (non-hydrogen) atoms. The molecule has 2 aromatic carbocycles. The Morgan fingerprint density at radius 3 is 2.71 bits per heavy atom. The van der Waals surface area contributed by atoms with Crippen LogP contribution in [0.4, 0.5) is 0 Å². The van der Waals surface area contributed by atoms with Crippen LogP contribution in [0.25, 0.3) is 16.6 Å². The molecule has 0 fully saturated rings. The molecule has 6 heteroatoms. The van der Waals surface area contributed by atoms with Crippen molar-refractivity contribution in [2.75, 3.05) is 6.61 Å². The molecule has 0 radical (unpaired) electrons. The van der Waals surface area contributed by atoms with Gasteiger partial charge in [0.1, 0.15) is 5.75 Å². The molecular weight excluding hydrogens is 392 g/mol. The highest BCUT2D eigenvalue weighted by molar-refractivity contribution is 5.79. The lowest BCUT2D eigenvalue weighted by molar-refractivity contribution is -0.145. The highest BCUT2D eigenvalue weighted by Gasteiger charge is 2.18. The Morgan fingerprint density at radius 2 is 2.00 bits per heavy atom. The lowest BCUT2D eigenvalue weighted by atomic mass is 10.1. The number of hydroxylamine groups is 1. The van der Waals surface area contributed by atoms with E-state index >= 15 is 0 Å². The van der Waals surface area contributed by atoms with Gasteiger partial charge in [0.15, 0.2) is 6.10 Å². The number of hydrogen-bond acceptors (Lipinski definition) is 4. The molecule has 3 aromatic rings. The summed E-state index contributed by atoms with van der Waals surface area (Å²) in [6.45, 7) is 7.02. The Kier molecular flexibility index (Phi) is 7.73. The molecule has 1 aromatic heterocycles. The zero-order valence-electron chi connectivity index (χ0n) is 18.3. The summed E-state index contributed by atoms with van der Waals surface area (Å²) in [5.74, 6) is -0.377. The molecule has 1 unspecified atom stereocenters. The summed E-state index contributed by atoms with van der Waals surface area (Å²) < 4.78 is 7.82. The number of para-hydroxylation sites is 1. The average molecular weight is 423 g/mol. The summed E-state index contributed by atoms with van der Waals surface area (Å²) in [6.07, 6.45) is 4.54. The van der Waals surface area contributed by atoms with Gasteiger partial charge in [0.05, 0.1) is 12.3 Å². The van der Waals surface area contributed by atoms with Crippen LogP contribution in [0.5, 0.6) is 5.75 Å². The minimum Gasteiger partial charge on any atom is -0.479 e. The van der Waals surface area contributed by atoms with Crippen molar-refractivity contribution in [3.63, 3.8) is 0 Å². The van der Waals surface area contributed by atoms with E-state index in [0.717, 1.165) is 29.8 Å².